The second-order valence-corrected chi connectivity index (χ2v) is 6.73. The van der Waals surface area contributed by atoms with E-state index in [1.165, 1.54) is 4.90 Å². The Morgan fingerprint density at radius 3 is 2.50 bits per heavy atom. The van der Waals surface area contributed by atoms with E-state index >= 15 is 0 Å². The zero-order chi connectivity index (χ0) is 16.9. The number of aryl methyl sites for hydroxylation is 1. The molecule has 2 amide bonds. The number of ether oxygens (including phenoxy) is 1. The van der Waals surface area contributed by atoms with Crippen LogP contribution in [0.4, 0.5) is 4.79 Å². The number of amides is 2. The van der Waals surface area contributed by atoms with E-state index in [1.54, 1.807) is 0 Å². The summed E-state index contributed by atoms with van der Waals surface area (Å²) in [7, 11) is 0. The van der Waals surface area contributed by atoms with Gasteiger partial charge in [0.2, 0.25) is 5.91 Å². The predicted molar refractivity (Wildman–Crippen MR) is 94.6 cm³/mol. The third kappa shape index (κ3) is 4.03. The fourth-order valence-corrected chi connectivity index (χ4v) is 3.09. The van der Waals surface area contributed by atoms with Gasteiger partial charge < -0.3 is 4.74 Å². The van der Waals surface area contributed by atoms with Gasteiger partial charge in [-0.3, -0.25) is 4.79 Å². The lowest BCUT2D eigenvalue weighted by Crippen LogP contribution is -2.40. The van der Waals surface area contributed by atoms with E-state index in [0.717, 1.165) is 15.6 Å². The van der Waals surface area contributed by atoms with Crippen molar-refractivity contribution < 1.29 is 14.3 Å². The number of hydrogen-bond donors (Lipinski definition) is 0. The maximum absolute atomic E-state index is 12.5. The summed E-state index contributed by atoms with van der Waals surface area (Å²) in [6.45, 7) is 0.262. The molecule has 0 aromatic heterocycles. The Morgan fingerprint density at radius 1 is 1.08 bits per heavy atom. The van der Waals surface area contributed by atoms with Crippen LogP contribution in [-0.4, -0.2) is 29.5 Å². The highest BCUT2D eigenvalue weighted by molar-refractivity contribution is 9.10. The van der Waals surface area contributed by atoms with Crippen LogP contribution in [0.3, 0.4) is 0 Å². The Labute approximate surface area is 149 Å². The average Bonchev–Trinajstić information content (AvgIpc) is 2.95. The molecule has 0 bridgehead atoms. The van der Waals surface area contributed by atoms with Crippen molar-refractivity contribution in [3.05, 3.63) is 70.2 Å². The second kappa shape index (κ2) is 7.62. The predicted octanol–water partition coefficient (Wildman–Crippen LogP) is 3.97. The van der Waals surface area contributed by atoms with Crippen LogP contribution in [0.1, 0.15) is 17.5 Å². The van der Waals surface area contributed by atoms with Crippen molar-refractivity contribution in [2.24, 2.45) is 0 Å². The number of imide groups is 1. The van der Waals surface area contributed by atoms with Crippen molar-refractivity contribution in [3.8, 4) is 0 Å². The number of nitrogens with zero attached hydrogens (tertiary/aromatic N) is 1. The molecular formula is C19H18BrNO3. The van der Waals surface area contributed by atoms with Gasteiger partial charge in [-0.2, -0.15) is 0 Å². The standard InChI is InChI=1S/C19H18BrNO3/c20-16-9-6-14(7-10-16)8-11-18(22)21-17(13-24-19(21)23)12-15-4-2-1-3-5-15/h1-7,9-10,17H,8,11-13H2. The minimum absolute atomic E-state index is 0.179. The highest BCUT2D eigenvalue weighted by Gasteiger charge is 2.37. The first-order chi connectivity index (χ1) is 11.6. The molecule has 0 spiro atoms. The van der Waals surface area contributed by atoms with Crippen molar-refractivity contribution in [2.75, 3.05) is 6.61 Å². The van der Waals surface area contributed by atoms with Gasteiger partial charge in [-0.15, -0.1) is 0 Å². The molecule has 0 aliphatic carbocycles. The fourth-order valence-electron chi connectivity index (χ4n) is 2.83. The molecular weight excluding hydrogens is 370 g/mol. The number of rotatable bonds is 5. The molecule has 1 aliphatic rings. The van der Waals surface area contributed by atoms with E-state index in [-0.39, 0.29) is 18.6 Å². The summed E-state index contributed by atoms with van der Waals surface area (Å²) in [5.74, 6) is -0.179. The number of carbonyl (C=O) groups is 2. The largest absolute Gasteiger partial charge is 0.447 e. The Kier molecular flexibility index (Phi) is 5.30. The van der Waals surface area contributed by atoms with E-state index in [2.05, 4.69) is 15.9 Å². The van der Waals surface area contributed by atoms with Gasteiger partial charge in [-0.1, -0.05) is 58.4 Å². The van der Waals surface area contributed by atoms with Crippen LogP contribution in [0.2, 0.25) is 0 Å². The summed E-state index contributed by atoms with van der Waals surface area (Å²) in [6, 6.07) is 17.4. The first-order valence-corrected chi connectivity index (χ1v) is 8.70. The van der Waals surface area contributed by atoms with Crippen LogP contribution in [0.5, 0.6) is 0 Å². The Hall–Kier alpha value is -2.14. The van der Waals surface area contributed by atoms with Crippen LogP contribution in [-0.2, 0) is 22.4 Å². The first-order valence-electron chi connectivity index (χ1n) is 7.90. The van der Waals surface area contributed by atoms with Crippen molar-refractivity contribution in [2.45, 2.75) is 25.3 Å². The van der Waals surface area contributed by atoms with Crippen molar-refractivity contribution in [1.82, 2.24) is 4.90 Å². The zero-order valence-electron chi connectivity index (χ0n) is 13.2. The van der Waals surface area contributed by atoms with Gasteiger partial charge in [0.1, 0.15) is 6.61 Å². The fraction of sp³-hybridized carbons (Fsp3) is 0.263. The minimum atomic E-state index is -0.531. The van der Waals surface area contributed by atoms with Gasteiger partial charge in [0, 0.05) is 10.9 Å². The second-order valence-electron chi connectivity index (χ2n) is 5.81. The Bertz CT molecular complexity index is 715. The third-order valence-electron chi connectivity index (χ3n) is 4.08. The minimum Gasteiger partial charge on any atom is -0.447 e. The van der Waals surface area contributed by atoms with Gasteiger partial charge in [0.05, 0.1) is 6.04 Å². The highest BCUT2D eigenvalue weighted by Crippen LogP contribution is 2.19. The molecule has 1 saturated heterocycles. The summed E-state index contributed by atoms with van der Waals surface area (Å²) >= 11 is 3.39. The van der Waals surface area contributed by atoms with E-state index in [4.69, 9.17) is 4.74 Å². The molecule has 1 heterocycles. The zero-order valence-corrected chi connectivity index (χ0v) is 14.7. The molecule has 5 heteroatoms. The van der Waals surface area contributed by atoms with Crippen LogP contribution < -0.4 is 0 Å². The molecule has 1 atom stereocenters. The Balaban J connectivity index is 1.62. The van der Waals surface area contributed by atoms with Crippen LogP contribution in [0.15, 0.2) is 59.1 Å². The van der Waals surface area contributed by atoms with Crippen LogP contribution >= 0.6 is 15.9 Å². The van der Waals surface area contributed by atoms with Crippen molar-refractivity contribution in [3.63, 3.8) is 0 Å². The highest BCUT2D eigenvalue weighted by atomic mass is 79.9. The summed E-state index contributed by atoms with van der Waals surface area (Å²) in [5, 5.41) is 0. The molecule has 24 heavy (non-hydrogen) atoms. The van der Waals surface area contributed by atoms with Gasteiger partial charge in [-0.05, 0) is 36.1 Å². The lowest BCUT2D eigenvalue weighted by molar-refractivity contribution is -0.129. The average molecular weight is 388 g/mol. The molecule has 0 N–H and O–H groups in total. The molecule has 4 nitrogen and oxygen atoms in total. The number of hydrogen-bond acceptors (Lipinski definition) is 3. The molecule has 0 radical (unpaired) electrons. The number of benzene rings is 2. The molecule has 1 fully saturated rings. The molecule has 124 valence electrons. The van der Waals surface area contributed by atoms with Gasteiger partial charge in [0.25, 0.3) is 0 Å². The number of halogens is 1. The summed E-state index contributed by atoms with van der Waals surface area (Å²) in [5.41, 5.74) is 2.16. The van der Waals surface area contributed by atoms with Gasteiger partial charge >= 0.3 is 6.09 Å². The summed E-state index contributed by atoms with van der Waals surface area (Å²) in [6.07, 6.45) is 0.990. The van der Waals surface area contributed by atoms with Crippen molar-refractivity contribution >= 4 is 27.9 Å². The van der Waals surface area contributed by atoms with E-state index in [9.17, 15) is 9.59 Å². The maximum atomic E-state index is 12.5. The van der Waals surface area contributed by atoms with E-state index < -0.39 is 6.09 Å². The first kappa shape index (κ1) is 16.7. The monoisotopic (exact) mass is 387 g/mol. The van der Waals surface area contributed by atoms with Gasteiger partial charge in [0.15, 0.2) is 0 Å². The Morgan fingerprint density at radius 2 is 1.79 bits per heavy atom. The third-order valence-corrected chi connectivity index (χ3v) is 4.61. The topological polar surface area (TPSA) is 46.6 Å². The van der Waals surface area contributed by atoms with Crippen molar-refractivity contribution in [1.29, 1.82) is 0 Å². The molecule has 0 saturated carbocycles. The lowest BCUT2D eigenvalue weighted by atomic mass is 10.0. The molecule has 2 aromatic rings. The van der Waals surface area contributed by atoms with Gasteiger partial charge in [-0.25, -0.2) is 9.69 Å². The van der Waals surface area contributed by atoms with Crippen LogP contribution in [0.25, 0.3) is 0 Å². The summed E-state index contributed by atoms with van der Waals surface area (Å²) < 4.78 is 6.10. The molecule has 3 rings (SSSR count). The molecule has 1 aliphatic heterocycles. The smallest absolute Gasteiger partial charge is 0.416 e. The number of carbonyl (C=O) groups excluding carboxylic acids is 2. The number of cyclic esters (lactones) is 1. The summed E-state index contributed by atoms with van der Waals surface area (Å²) in [4.78, 5) is 25.7. The maximum Gasteiger partial charge on any atom is 0.416 e. The lowest BCUT2D eigenvalue weighted by Gasteiger charge is -2.19. The SMILES string of the molecule is O=C(CCc1ccc(Br)cc1)N1C(=O)OCC1Cc1ccccc1. The van der Waals surface area contributed by atoms with Crippen LogP contribution in [0, 0.1) is 0 Å². The molecule has 2 aromatic carbocycles. The van der Waals surface area contributed by atoms with E-state index in [0.29, 0.717) is 19.3 Å². The normalized spacial score (nSPS) is 17.0. The molecule has 1 unspecified atom stereocenters. The quantitative estimate of drug-likeness (QED) is 0.779. The van der Waals surface area contributed by atoms with E-state index in [1.807, 2.05) is 54.6 Å².